The number of nitrogens with zero attached hydrogens (tertiary/aromatic N) is 2. The number of benzene rings is 1. The van der Waals surface area contributed by atoms with Gasteiger partial charge in [0.05, 0.1) is 17.6 Å². The summed E-state index contributed by atoms with van der Waals surface area (Å²) in [5.74, 6) is -0.592. The molecule has 1 aromatic carbocycles. The summed E-state index contributed by atoms with van der Waals surface area (Å²) in [7, 11) is 1.25. The van der Waals surface area contributed by atoms with Crippen LogP contribution in [-0.4, -0.2) is 47.7 Å². The Morgan fingerprint density at radius 1 is 1.27 bits per heavy atom. The van der Waals surface area contributed by atoms with Gasteiger partial charge in [-0.05, 0) is 38.8 Å². The first-order valence-electron chi connectivity index (χ1n) is 8.16. The number of amides is 1. The van der Waals surface area contributed by atoms with Crippen LogP contribution in [0.3, 0.4) is 0 Å². The zero-order chi connectivity index (χ0) is 19.5. The number of non-ortho nitro benzene ring substituents is 1. The Bertz CT molecular complexity index is 763. The summed E-state index contributed by atoms with van der Waals surface area (Å²) < 4.78 is 10.1. The minimum Gasteiger partial charge on any atom is -0.465 e. The predicted molar refractivity (Wildman–Crippen MR) is 94.8 cm³/mol. The highest BCUT2D eigenvalue weighted by Crippen LogP contribution is 2.29. The molecular formula is C18H22N2O6. The van der Waals surface area contributed by atoms with Gasteiger partial charge in [0.25, 0.3) is 5.69 Å². The minimum atomic E-state index is -0.624. The van der Waals surface area contributed by atoms with Crippen LogP contribution >= 0.6 is 0 Å². The maximum absolute atomic E-state index is 12.3. The molecule has 1 aliphatic rings. The van der Waals surface area contributed by atoms with E-state index in [0.29, 0.717) is 24.1 Å². The van der Waals surface area contributed by atoms with Crippen molar-refractivity contribution >= 4 is 23.3 Å². The Morgan fingerprint density at radius 2 is 1.96 bits per heavy atom. The van der Waals surface area contributed by atoms with Crippen LogP contribution in [0.2, 0.25) is 0 Å². The largest absolute Gasteiger partial charge is 0.465 e. The van der Waals surface area contributed by atoms with Crippen molar-refractivity contribution in [2.75, 3.05) is 20.2 Å². The van der Waals surface area contributed by atoms with Gasteiger partial charge in [-0.25, -0.2) is 9.59 Å². The van der Waals surface area contributed by atoms with Crippen molar-refractivity contribution < 1.29 is 24.0 Å². The molecule has 0 fully saturated rings. The van der Waals surface area contributed by atoms with Crippen LogP contribution in [0.1, 0.15) is 43.1 Å². The van der Waals surface area contributed by atoms with Crippen LogP contribution in [0.5, 0.6) is 0 Å². The Hall–Kier alpha value is -2.90. The number of carbonyl (C=O) groups excluding carboxylic acids is 2. The second-order valence-corrected chi connectivity index (χ2v) is 6.90. The van der Waals surface area contributed by atoms with Crippen LogP contribution < -0.4 is 0 Å². The average Bonchev–Trinajstić information content (AvgIpc) is 2.59. The number of carbonyl (C=O) groups is 2. The molecule has 0 unspecified atom stereocenters. The number of esters is 1. The fourth-order valence-electron chi connectivity index (χ4n) is 2.62. The van der Waals surface area contributed by atoms with E-state index >= 15 is 0 Å². The summed E-state index contributed by atoms with van der Waals surface area (Å²) in [5, 5.41) is 11.1. The van der Waals surface area contributed by atoms with Gasteiger partial charge in [-0.1, -0.05) is 6.08 Å². The molecule has 1 amide bonds. The van der Waals surface area contributed by atoms with E-state index in [-0.39, 0.29) is 17.8 Å². The third-order valence-electron chi connectivity index (χ3n) is 3.77. The summed E-state index contributed by atoms with van der Waals surface area (Å²) in [5.41, 5.74) is 0.491. The van der Waals surface area contributed by atoms with Crippen molar-refractivity contribution in [3.8, 4) is 0 Å². The van der Waals surface area contributed by atoms with Crippen LogP contribution in [-0.2, 0) is 9.47 Å². The molecule has 26 heavy (non-hydrogen) atoms. The van der Waals surface area contributed by atoms with Crippen LogP contribution in [0, 0.1) is 10.1 Å². The molecule has 8 heteroatoms. The van der Waals surface area contributed by atoms with Crippen molar-refractivity contribution in [2.45, 2.75) is 32.8 Å². The van der Waals surface area contributed by atoms with Gasteiger partial charge in [-0.2, -0.15) is 0 Å². The Morgan fingerprint density at radius 3 is 2.54 bits per heavy atom. The molecule has 0 atom stereocenters. The molecule has 2 rings (SSSR count). The van der Waals surface area contributed by atoms with E-state index in [2.05, 4.69) is 0 Å². The van der Waals surface area contributed by atoms with E-state index in [1.165, 1.54) is 30.2 Å². The third kappa shape index (κ3) is 4.59. The fourth-order valence-corrected chi connectivity index (χ4v) is 2.62. The molecular weight excluding hydrogens is 340 g/mol. The maximum atomic E-state index is 12.3. The quantitative estimate of drug-likeness (QED) is 0.464. The lowest BCUT2D eigenvalue weighted by Gasteiger charge is -2.30. The highest BCUT2D eigenvalue weighted by Gasteiger charge is 2.27. The second kappa shape index (κ2) is 7.55. The first-order chi connectivity index (χ1) is 12.1. The Balaban J connectivity index is 2.35. The first-order valence-corrected chi connectivity index (χ1v) is 8.16. The van der Waals surface area contributed by atoms with Gasteiger partial charge in [0.1, 0.15) is 5.60 Å². The van der Waals surface area contributed by atoms with Crippen LogP contribution in [0.15, 0.2) is 24.3 Å². The third-order valence-corrected chi connectivity index (χ3v) is 3.77. The van der Waals surface area contributed by atoms with Gasteiger partial charge >= 0.3 is 12.1 Å². The topological polar surface area (TPSA) is 99.0 Å². The molecule has 0 N–H and O–H groups in total. The highest BCUT2D eigenvalue weighted by atomic mass is 16.6. The van der Waals surface area contributed by atoms with Crippen molar-refractivity contribution in [1.29, 1.82) is 0 Å². The molecule has 140 valence electrons. The highest BCUT2D eigenvalue weighted by molar-refractivity contribution is 5.96. The second-order valence-electron chi connectivity index (χ2n) is 6.90. The number of rotatable bonds is 3. The first kappa shape index (κ1) is 19.4. The number of nitro groups is 1. The van der Waals surface area contributed by atoms with E-state index in [9.17, 15) is 19.7 Å². The Kier molecular flexibility index (Phi) is 5.64. The number of methoxy groups -OCH3 is 1. The number of hydrogen-bond acceptors (Lipinski definition) is 6. The van der Waals surface area contributed by atoms with Gasteiger partial charge in [-0.15, -0.1) is 0 Å². The smallest absolute Gasteiger partial charge is 0.410 e. The monoisotopic (exact) mass is 362 g/mol. The van der Waals surface area contributed by atoms with E-state index in [1.54, 1.807) is 20.8 Å². The average molecular weight is 362 g/mol. The van der Waals surface area contributed by atoms with Gasteiger partial charge < -0.3 is 14.4 Å². The van der Waals surface area contributed by atoms with Crippen LogP contribution in [0.4, 0.5) is 10.5 Å². The van der Waals surface area contributed by atoms with Gasteiger partial charge in [0, 0.05) is 30.8 Å². The lowest BCUT2D eigenvalue weighted by atomic mass is 9.95. The summed E-state index contributed by atoms with van der Waals surface area (Å²) >= 11 is 0. The van der Waals surface area contributed by atoms with E-state index in [0.717, 1.165) is 0 Å². The summed E-state index contributed by atoms with van der Waals surface area (Å²) in [6, 6.07) is 3.95. The lowest BCUT2D eigenvalue weighted by molar-refractivity contribution is -0.384. The molecule has 0 aromatic heterocycles. The van der Waals surface area contributed by atoms with Crippen molar-refractivity contribution in [3.05, 3.63) is 45.5 Å². The number of ether oxygens (including phenoxy) is 2. The van der Waals surface area contributed by atoms with E-state index in [4.69, 9.17) is 9.47 Å². The van der Waals surface area contributed by atoms with Crippen LogP contribution in [0.25, 0.3) is 5.57 Å². The standard InChI is InChI=1S/C18H22N2O6/c1-18(2,3)26-17(22)19-9-5-6-12(11-19)15-10-13(20(23)24)7-8-14(15)16(21)25-4/h6-8,10H,5,9,11H2,1-4H3. The zero-order valence-corrected chi connectivity index (χ0v) is 15.3. The molecule has 0 saturated carbocycles. The van der Waals surface area contributed by atoms with Crippen molar-refractivity contribution in [2.24, 2.45) is 0 Å². The maximum Gasteiger partial charge on any atom is 0.410 e. The van der Waals surface area contributed by atoms with Gasteiger partial charge in [-0.3, -0.25) is 10.1 Å². The molecule has 1 heterocycles. The molecule has 1 aliphatic heterocycles. The predicted octanol–water partition coefficient (Wildman–Crippen LogP) is 3.41. The molecule has 0 radical (unpaired) electrons. The SMILES string of the molecule is COC(=O)c1ccc([N+](=O)[O-])cc1C1=CCCN(C(=O)OC(C)(C)C)C1. The molecule has 8 nitrogen and oxygen atoms in total. The van der Waals surface area contributed by atoms with Gasteiger partial charge in [0.15, 0.2) is 0 Å². The molecule has 1 aromatic rings. The summed E-state index contributed by atoms with van der Waals surface area (Å²) in [6.45, 7) is 6.01. The molecule has 0 bridgehead atoms. The molecule has 0 saturated heterocycles. The summed E-state index contributed by atoms with van der Waals surface area (Å²) in [4.78, 5) is 36.4. The van der Waals surface area contributed by atoms with Crippen molar-refractivity contribution in [1.82, 2.24) is 4.90 Å². The van der Waals surface area contributed by atoms with Crippen molar-refractivity contribution in [3.63, 3.8) is 0 Å². The Labute approximate surface area is 151 Å². The molecule has 0 spiro atoms. The number of nitro benzene ring substituents is 1. The fraction of sp³-hybridized carbons (Fsp3) is 0.444. The lowest BCUT2D eigenvalue weighted by Crippen LogP contribution is -2.39. The van der Waals surface area contributed by atoms with Gasteiger partial charge in [0.2, 0.25) is 0 Å². The normalized spacial score (nSPS) is 14.5. The van der Waals surface area contributed by atoms with E-state index < -0.39 is 22.6 Å². The van der Waals surface area contributed by atoms with E-state index in [1.807, 2.05) is 6.08 Å². The summed E-state index contributed by atoms with van der Waals surface area (Å²) in [6.07, 6.45) is 1.96. The zero-order valence-electron chi connectivity index (χ0n) is 15.3. The minimum absolute atomic E-state index is 0.136. The number of hydrogen-bond donors (Lipinski definition) is 0. The molecule has 0 aliphatic carbocycles.